The van der Waals surface area contributed by atoms with Crippen LogP contribution in [0.25, 0.3) is 0 Å². The number of ether oxygens (including phenoxy) is 1. The molecule has 17 heavy (non-hydrogen) atoms. The van der Waals surface area contributed by atoms with E-state index in [-0.39, 0.29) is 6.10 Å². The molecule has 4 heteroatoms. The van der Waals surface area contributed by atoms with Gasteiger partial charge in [-0.15, -0.1) is 11.3 Å². The van der Waals surface area contributed by atoms with Crippen LogP contribution in [-0.2, 0) is 4.74 Å². The Hall–Kier alpha value is -0.420. The summed E-state index contributed by atoms with van der Waals surface area (Å²) in [6.45, 7) is 6.39. The van der Waals surface area contributed by atoms with Gasteiger partial charge in [0.1, 0.15) is 0 Å². The molecule has 1 aliphatic rings. The molecule has 0 saturated carbocycles. The van der Waals surface area contributed by atoms with E-state index in [0.717, 1.165) is 19.7 Å². The molecule has 1 aliphatic heterocycles. The number of thiophene rings is 1. The highest BCUT2D eigenvalue weighted by atomic mass is 32.1. The Bertz CT molecular complexity index is 313. The van der Waals surface area contributed by atoms with Crippen molar-refractivity contribution in [2.75, 3.05) is 33.3 Å². The molecule has 2 unspecified atom stereocenters. The molecule has 0 spiro atoms. The summed E-state index contributed by atoms with van der Waals surface area (Å²) in [5.41, 5.74) is 0. The van der Waals surface area contributed by atoms with Gasteiger partial charge in [-0.05, 0) is 31.5 Å². The summed E-state index contributed by atoms with van der Waals surface area (Å²) in [5, 5.41) is 5.53. The van der Waals surface area contributed by atoms with Crippen LogP contribution in [0.1, 0.15) is 24.3 Å². The first-order valence-corrected chi connectivity index (χ1v) is 7.27. The molecule has 1 N–H and O–H groups in total. The lowest BCUT2D eigenvalue weighted by atomic mass is 10.1. The molecule has 0 aromatic carbocycles. The molecule has 2 atom stereocenters. The normalized spacial score (nSPS) is 23.8. The van der Waals surface area contributed by atoms with E-state index in [1.54, 1.807) is 11.3 Å². The summed E-state index contributed by atoms with van der Waals surface area (Å²) >= 11 is 1.80. The molecule has 2 heterocycles. The minimum atomic E-state index is 0.277. The molecule has 96 valence electrons. The van der Waals surface area contributed by atoms with Crippen molar-refractivity contribution < 1.29 is 4.74 Å². The maximum Gasteiger partial charge on any atom is 0.0904 e. The number of rotatable bonds is 5. The molecule has 3 nitrogen and oxygen atoms in total. The van der Waals surface area contributed by atoms with E-state index >= 15 is 0 Å². The predicted molar refractivity (Wildman–Crippen MR) is 72.6 cm³/mol. The monoisotopic (exact) mass is 254 g/mol. The van der Waals surface area contributed by atoms with Crippen molar-refractivity contribution in [2.24, 2.45) is 0 Å². The van der Waals surface area contributed by atoms with Crippen LogP contribution in [0.3, 0.4) is 0 Å². The number of morpholine rings is 1. The van der Waals surface area contributed by atoms with Gasteiger partial charge in [0, 0.05) is 18.0 Å². The molecule has 1 fully saturated rings. The minimum absolute atomic E-state index is 0.277. The van der Waals surface area contributed by atoms with E-state index in [4.69, 9.17) is 4.74 Å². The topological polar surface area (TPSA) is 24.5 Å². The van der Waals surface area contributed by atoms with Gasteiger partial charge in [0.05, 0.1) is 18.8 Å². The Balaban J connectivity index is 1.99. The van der Waals surface area contributed by atoms with Gasteiger partial charge in [0.2, 0.25) is 0 Å². The average Bonchev–Trinajstić information content (AvgIpc) is 2.85. The molecule has 0 amide bonds. The van der Waals surface area contributed by atoms with Gasteiger partial charge >= 0.3 is 0 Å². The van der Waals surface area contributed by atoms with Gasteiger partial charge in [0.15, 0.2) is 0 Å². The Morgan fingerprint density at radius 1 is 1.65 bits per heavy atom. The van der Waals surface area contributed by atoms with Crippen LogP contribution in [-0.4, -0.2) is 44.3 Å². The fourth-order valence-corrected chi connectivity index (χ4v) is 3.32. The lowest BCUT2D eigenvalue weighted by Gasteiger charge is -2.36. The smallest absolute Gasteiger partial charge is 0.0904 e. The zero-order valence-corrected chi connectivity index (χ0v) is 11.5. The van der Waals surface area contributed by atoms with Crippen molar-refractivity contribution in [3.05, 3.63) is 22.4 Å². The van der Waals surface area contributed by atoms with E-state index in [1.165, 1.54) is 17.8 Å². The first-order valence-electron chi connectivity index (χ1n) is 6.39. The predicted octanol–water partition coefficient (Wildman–Crippen LogP) is 2.12. The summed E-state index contributed by atoms with van der Waals surface area (Å²) < 4.78 is 5.93. The minimum Gasteiger partial charge on any atom is -0.374 e. The fraction of sp³-hybridized carbons (Fsp3) is 0.692. The Kier molecular flexibility index (Phi) is 4.98. The quantitative estimate of drug-likeness (QED) is 0.871. The highest BCUT2D eigenvalue weighted by Gasteiger charge is 2.28. The molecule has 0 aliphatic carbocycles. The largest absolute Gasteiger partial charge is 0.374 e. The van der Waals surface area contributed by atoms with Gasteiger partial charge < -0.3 is 10.1 Å². The maximum atomic E-state index is 5.93. The molecule has 0 bridgehead atoms. The van der Waals surface area contributed by atoms with Gasteiger partial charge in [-0.2, -0.15) is 0 Å². The summed E-state index contributed by atoms with van der Waals surface area (Å²) in [6, 6.07) is 4.62. The fourth-order valence-electron chi connectivity index (χ4n) is 2.43. The van der Waals surface area contributed by atoms with Crippen molar-refractivity contribution in [1.29, 1.82) is 0 Å². The first-order chi connectivity index (χ1) is 8.35. The van der Waals surface area contributed by atoms with E-state index in [1.807, 2.05) is 7.05 Å². The van der Waals surface area contributed by atoms with Gasteiger partial charge in [-0.3, -0.25) is 4.90 Å². The Labute approximate surface area is 108 Å². The zero-order chi connectivity index (χ0) is 12.1. The van der Waals surface area contributed by atoms with Crippen LogP contribution in [0.5, 0.6) is 0 Å². The summed E-state index contributed by atoms with van der Waals surface area (Å²) in [4.78, 5) is 3.88. The second kappa shape index (κ2) is 6.50. The first kappa shape index (κ1) is 13.0. The molecule has 1 aromatic heterocycles. The third kappa shape index (κ3) is 3.28. The number of nitrogens with zero attached hydrogens (tertiary/aromatic N) is 1. The van der Waals surface area contributed by atoms with Gasteiger partial charge in [-0.1, -0.05) is 13.0 Å². The second-order valence-electron chi connectivity index (χ2n) is 4.49. The lowest BCUT2D eigenvalue weighted by Crippen LogP contribution is -2.47. The average molecular weight is 254 g/mol. The third-order valence-corrected chi connectivity index (χ3v) is 4.21. The number of hydrogen-bond donors (Lipinski definition) is 1. The number of hydrogen-bond acceptors (Lipinski definition) is 4. The van der Waals surface area contributed by atoms with Crippen molar-refractivity contribution in [2.45, 2.75) is 25.5 Å². The van der Waals surface area contributed by atoms with Crippen LogP contribution in [0.2, 0.25) is 0 Å². The second-order valence-corrected chi connectivity index (χ2v) is 5.47. The van der Waals surface area contributed by atoms with Gasteiger partial charge in [0.25, 0.3) is 0 Å². The molecule has 1 aromatic rings. The molecule has 2 rings (SSSR count). The van der Waals surface area contributed by atoms with Crippen LogP contribution in [0.4, 0.5) is 0 Å². The SMILES string of the molecule is CCCN1CCOC(C(NC)c2cccs2)C1. The van der Waals surface area contributed by atoms with E-state index in [2.05, 4.69) is 34.7 Å². The standard InChI is InChI=1S/C13H22N2OS/c1-3-6-15-7-8-16-11(10-15)13(14-2)12-5-4-9-17-12/h4-5,9,11,13-14H,3,6-8,10H2,1-2H3. The van der Waals surface area contributed by atoms with Crippen LogP contribution in [0, 0.1) is 0 Å². The van der Waals surface area contributed by atoms with E-state index in [9.17, 15) is 0 Å². The third-order valence-electron chi connectivity index (χ3n) is 3.25. The number of nitrogens with one attached hydrogen (secondary N) is 1. The lowest BCUT2D eigenvalue weighted by molar-refractivity contribution is -0.0453. The summed E-state index contributed by atoms with van der Waals surface area (Å²) in [6.07, 6.45) is 1.50. The molecule has 1 saturated heterocycles. The van der Waals surface area contributed by atoms with Crippen LogP contribution >= 0.6 is 11.3 Å². The Morgan fingerprint density at radius 2 is 2.53 bits per heavy atom. The number of likely N-dealkylation sites (N-methyl/N-ethyl adjacent to an activating group) is 1. The molecular weight excluding hydrogens is 232 g/mol. The molecular formula is C13H22N2OS. The van der Waals surface area contributed by atoms with Crippen LogP contribution in [0.15, 0.2) is 17.5 Å². The van der Waals surface area contributed by atoms with Crippen molar-refractivity contribution in [3.8, 4) is 0 Å². The maximum absolute atomic E-state index is 5.93. The highest BCUT2D eigenvalue weighted by molar-refractivity contribution is 7.10. The molecule has 0 radical (unpaired) electrons. The van der Waals surface area contributed by atoms with E-state index in [0.29, 0.717) is 6.04 Å². The van der Waals surface area contributed by atoms with Gasteiger partial charge in [-0.25, -0.2) is 0 Å². The zero-order valence-electron chi connectivity index (χ0n) is 10.7. The Morgan fingerprint density at radius 3 is 3.18 bits per heavy atom. The highest BCUT2D eigenvalue weighted by Crippen LogP contribution is 2.25. The van der Waals surface area contributed by atoms with Crippen molar-refractivity contribution >= 4 is 11.3 Å². The summed E-state index contributed by atoms with van der Waals surface area (Å²) in [7, 11) is 2.02. The summed E-state index contributed by atoms with van der Waals surface area (Å²) in [5.74, 6) is 0. The van der Waals surface area contributed by atoms with E-state index < -0.39 is 0 Å². The van der Waals surface area contributed by atoms with Crippen molar-refractivity contribution in [3.63, 3.8) is 0 Å². The van der Waals surface area contributed by atoms with Crippen LogP contribution < -0.4 is 5.32 Å². The van der Waals surface area contributed by atoms with Crippen molar-refractivity contribution in [1.82, 2.24) is 10.2 Å².